The van der Waals surface area contributed by atoms with Crippen LogP contribution in [0.3, 0.4) is 0 Å². The molecule has 2 aromatic carbocycles. The summed E-state index contributed by atoms with van der Waals surface area (Å²) in [7, 11) is 0. The third kappa shape index (κ3) is 4.07. The molecule has 0 aliphatic carbocycles. The Hall–Kier alpha value is -2.95. The van der Waals surface area contributed by atoms with Crippen molar-refractivity contribution in [2.45, 2.75) is 26.7 Å². The molecule has 0 fully saturated rings. The van der Waals surface area contributed by atoms with Crippen LogP contribution in [0.1, 0.15) is 28.3 Å². The number of rotatable bonds is 5. The highest BCUT2D eigenvalue weighted by atomic mass is 16.1. The van der Waals surface area contributed by atoms with E-state index in [9.17, 15) is 4.79 Å². The maximum atomic E-state index is 12.2. The lowest BCUT2D eigenvalue weighted by atomic mass is 10.1. The third-order valence-electron chi connectivity index (χ3n) is 3.78. The number of hydrogen-bond acceptors (Lipinski definition) is 3. The zero-order valence-electron chi connectivity index (χ0n) is 13.8. The molecule has 0 saturated heterocycles. The molecule has 0 bridgehead atoms. The monoisotopic (exact) mass is 320 g/mol. The second-order valence-corrected chi connectivity index (χ2v) is 5.90. The Morgan fingerprint density at radius 2 is 1.92 bits per heavy atom. The van der Waals surface area contributed by atoms with Gasteiger partial charge in [-0.15, -0.1) is 0 Å². The zero-order chi connectivity index (χ0) is 16.9. The lowest BCUT2D eigenvalue weighted by Gasteiger charge is -2.08. The number of nitrogens with one attached hydrogen (secondary N) is 2. The van der Waals surface area contributed by atoms with E-state index in [0.717, 1.165) is 28.2 Å². The van der Waals surface area contributed by atoms with Crippen LogP contribution < -0.4 is 5.32 Å². The predicted molar refractivity (Wildman–Crippen MR) is 93.9 cm³/mol. The van der Waals surface area contributed by atoms with Gasteiger partial charge in [-0.3, -0.25) is 9.89 Å². The minimum atomic E-state index is -0.117. The molecule has 5 nitrogen and oxygen atoms in total. The van der Waals surface area contributed by atoms with Crippen molar-refractivity contribution in [3.05, 3.63) is 76.9 Å². The maximum absolute atomic E-state index is 12.2. The topological polar surface area (TPSA) is 70.7 Å². The van der Waals surface area contributed by atoms with Crippen LogP contribution in [-0.2, 0) is 17.6 Å². The van der Waals surface area contributed by atoms with E-state index in [1.54, 1.807) is 0 Å². The molecule has 3 aromatic rings. The van der Waals surface area contributed by atoms with Crippen molar-refractivity contribution in [1.29, 1.82) is 0 Å². The average Bonchev–Trinajstić information content (AvgIpc) is 2.98. The maximum Gasteiger partial charge on any atom is 0.232 e. The van der Waals surface area contributed by atoms with E-state index in [2.05, 4.69) is 20.5 Å². The van der Waals surface area contributed by atoms with Crippen LogP contribution in [0.15, 0.2) is 48.5 Å². The summed E-state index contributed by atoms with van der Waals surface area (Å²) < 4.78 is 0. The number of amides is 1. The Bertz CT molecular complexity index is 840. The molecule has 0 unspecified atom stereocenters. The second-order valence-electron chi connectivity index (χ2n) is 5.90. The predicted octanol–water partition coefficient (Wildman–Crippen LogP) is 3.19. The first-order valence-electron chi connectivity index (χ1n) is 7.91. The number of aromatic nitrogens is 3. The van der Waals surface area contributed by atoms with Gasteiger partial charge in [0.1, 0.15) is 5.82 Å². The Balaban J connectivity index is 1.62. The van der Waals surface area contributed by atoms with Gasteiger partial charge in [0.15, 0.2) is 5.82 Å². The van der Waals surface area contributed by atoms with Crippen LogP contribution in [-0.4, -0.2) is 21.1 Å². The van der Waals surface area contributed by atoms with Crippen molar-refractivity contribution < 1.29 is 4.79 Å². The Morgan fingerprint density at radius 3 is 2.71 bits per heavy atom. The van der Waals surface area contributed by atoms with Crippen molar-refractivity contribution in [3.63, 3.8) is 0 Å². The lowest BCUT2D eigenvalue weighted by Crippen LogP contribution is -2.16. The van der Waals surface area contributed by atoms with Gasteiger partial charge in [0, 0.05) is 12.1 Å². The number of aromatic amines is 1. The minimum Gasteiger partial charge on any atom is -0.325 e. The van der Waals surface area contributed by atoms with E-state index >= 15 is 0 Å². The van der Waals surface area contributed by atoms with Crippen LogP contribution in [0.25, 0.3) is 0 Å². The van der Waals surface area contributed by atoms with E-state index < -0.39 is 0 Å². The first kappa shape index (κ1) is 15.9. The summed E-state index contributed by atoms with van der Waals surface area (Å²) in [6.45, 7) is 3.97. The fraction of sp³-hybridized carbons (Fsp3) is 0.211. The quantitative estimate of drug-likeness (QED) is 0.758. The number of benzene rings is 2. The van der Waals surface area contributed by atoms with Crippen LogP contribution in [0.4, 0.5) is 5.69 Å². The van der Waals surface area contributed by atoms with Crippen molar-refractivity contribution in [3.8, 4) is 0 Å². The number of anilines is 1. The largest absolute Gasteiger partial charge is 0.325 e. The van der Waals surface area contributed by atoms with Gasteiger partial charge in [0.2, 0.25) is 5.91 Å². The molecule has 0 aliphatic heterocycles. The number of carbonyl (C=O) groups excluding carboxylic acids is 1. The van der Waals surface area contributed by atoms with Crippen LogP contribution in [0.2, 0.25) is 0 Å². The lowest BCUT2D eigenvalue weighted by molar-refractivity contribution is -0.115. The normalized spacial score (nSPS) is 10.6. The molecule has 1 aromatic heterocycles. The van der Waals surface area contributed by atoms with Gasteiger partial charge in [-0.2, -0.15) is 5.10 Å². The van der Waals surface area contributed by atoms with E-state index in [-0.39, 0.29) is 12.3 Å². The van der Waals surface area contributed by atoms with E-state index in [4.69, 9.17) is 0 Å². The molecular formula is C19H20N4O. The van der Waals surface area contributed by atoms with Gasteiger partial charge in [-0.25, -0.2) is 4.98 Å². The summed E-state index contributed by atoms with van der Waals surface area (Å²) in [6, 6.07) is 16.0. The van der Waals surface area contributed by atoms with Gasteiger partial charge in [-0.05, 0) is 36.6 Å². The van der Waals surface area contributed by atoms with Crippen molar-refractivity contribution >= 4 is 11.6 Å². The van der Waals surface area contributed by atoms with Crippen LogP contribution in [0.5, 0.6) is 0 Å². The summed E-state index contributed by atoms with van der Waals surface area (Å²) in [6.07, 6.45) is 0.825. The Morgan fingerprint density at radius 1 is 1.12 bits per heavy atom. The molecule has 0 radical (unpaired) electrons. The number of H-pyrrole nitrogens is 1. The SMILES string of the molecule is Cc1ccc(C)c(NC(=O)Cc2n[nH]c(Cc3ccccc3)n2)c1. The Labute approximate surface area is 141 Å². The summed E-state index contributed by atoms with van der Waals surface area (Å²) in [5.41, 5.74) is 4.13. The van der Waals surface area contributed by atoms with E-state index in [1.807, 2.05) is 62.4 Å². The molecule has 5 heteroatoms. The third-order valence-corrected chi connectivity index (χ3v) is 3.78. The molecule has 0 spiro atoms. The second kappa shape index (κ2) is 7.08. The highest BCUT2D eigenvalue weighted by Crippen LogP contribution is 2.16. The molecule has 0 atom stereocenters. The smallest absolute Gasteiger partial charge is 0.232 e. The van der Waals surface area contributed by atoms with Crippen LogP contribution in [0, 0.1) is 13.8 Å². The number of carbonyl (C=O) groups is 1. The molecule has 3 rings (SSSR count). The van der Waals surface area contributed by atoms with Crippen molar-refractivity contribution in [2.75, 3.05) is 5.32 Å². The summed E-state index contributed by atoms with van der Waals surface area (Å²) in [4.78, 5) is 16.6. The molecule has 122 valence electrons. The molecule has 24 heavy (non-hydrogen) atoms. The van der Waals surface area contributed by atoms with Gasteiger partial charge in [-0.1, -0.05) is 42.5 Å². The fourth-order valence-corrected chi connectivity index (χ4v) is 2.49. The molecule has 0 saturated carbocycles. The Kier molecular flexibility index (Phi) is 4.70. The van der Waals surface area contributed by atoms with Gasteiger partial charge < -0.3 is 5.32 Å². The fourth-order valence-electron chi connectivity index (χ4n) is 2.49. The van der Waals surface area contributed by atoms with Gasteiger partial charge >= 0.3 is 0 Å². The summed E-state index contributed by atoms with van der Waals surface area (Å²) in [5, 5.41) is 9.97. The average molecular weight is 320 g/mol. The minimum absolute atomic E-state index is 0.117. The van der Waals surface area contributed by atoms with E-state index in [1.165, 1.54) is 0 Å². The highest BCUT2D eigenvalue weighted by molar-refractivity contribution is 5.92. The molecule has 0 aliphatic rings. The molecule has 1 heterocycles. The van der Waals surface area contributed by atoms with Crippen molar-refractivity contribution in [1.82, 2.24) is 15.2 Å². The van der Waals surface area contributed by atoms with E-state index in [0.29, 0.717) is 12.2 Å². The first-order valence-corrected chi connectivity index (χ1v) is 7.91. The van der Waals surface area contributed by atoms with Crippen LogP contribution >= 0.6 is 0 Å². The molecule has 1 amide bonds. The molecular weight excluding hydrogens is 300 g/mol. The first-order chi connectivity index (χ1) is 11.6. The molecule has 2 N–H and O–H groups in total. The number of hydrogen-bond donors (Lipinski definition) is 2. The number of aryl methyl sites for hydroxylation is 2. The van der Waals surface area contributed by atoms with Gasteiger partial charge in [0.05, 0.1) is 6.42 Å². The number of nitrogens with zero attached hydrogens (tertiary/aromatic N) is 2. The van der Waals surface area contributed by atoms with Gasteiger partial charge in [0.25, 0.3) is 0 Å². The highest BCUT2D eigenvalue weighted by Gasteiger charge is 2.11. The zero-order valence-corrected chi connectivity index (χ0v) is 13.8. The summed E-state index contributed by atoms with van der Waals surface area (Å²) >= 11 is 0. The standard InChI is InChI=1S/C19H20N4O/c1-13-8-9-14(2)16(10-13)20-19(24)12-18-21-17(22-23-18)11-15-6-4-3-5-7-15/h3-10H,11-12H2,1-2H3,(H,20,24)(H,21,22,23). The van der Waals surface area contributed by atoms with Crippen molar-refractivity contribution in [2.24, 2.45) is 0 Å². The summed E-state index contributed by atoms with van der Waals surface area (Å²) in [5.74, 6) is 1.15.